The number of hydrogen-bond acceptors (Lipinski definition) is 4. The third-order valence-electron chi connectivity index (χ3n) is 1.10. The quantitative estimate of drug-likeness (QED) is 0.283. The maximum atomic E-state index is 10.6. The molecule has 0 heterocycles. The normalized spacial score (nSPS) is 9.31. The average molecular weight is 237 g/mol. The van der Waals surface area contributed by atoms with E-state index in [0.717, 1.165) is 18.9 Å². The van der Waals surface area contributed by atoms with Gasteiger partial charge >= 0.3 is 25.4 Å². The maximum absolute atomic E-state index is 10.6. The number of unbranched alkanes of at least 4 members (excludes halogenated alkanes) is 1. The number of rotatable bonds is 5. The fourth-order valence-electron chi connectivity index (χ4n) is 0.501. The minimum Gasteiger partial charge on any atom is -0.545 e. The molecule has 4 nitrogen and oxygen atoms in total. The summed E-state index contributed by atoms with van der Waals surface area (Å²) in [6.07, 6.45) is 3.20. The van der Waals surface area contributed by atoms with Crippen LogP contribution in [0.5, 0.6) is 0 Å². The summed E-state index contributed by atoms with van der Waals surface area (Å²) < 4.78 is 4.62. The van der Waals surface area contributed by atoms with Crippen molar-refractivity contribution < 1.29 is 38.9 Å². The van der Waals surface area contributed by atoms with Crippen LogP contribution in [-0.2, 0) is 33.8 Å². The molecular weight excluding hydrogens is 225 g/mol. The number of carboxylic acid groups (broad SMARTS) is 1. The van der Waals surface area contributed by atoms with Crippen LogP contribution in [0, 0.1) is 0 Å². The molecule has 0 aromatic rings. The molecule has 0 saturated heterocycles. The van der Waals surface area contributed by atoms with E-state index in [2.05, 4.69) is 4.74 Å². The summed E-state index contributed by atoms with van der Waals surface area (Å²) in [7, 11) is 0. The molecule has 0 N–H and O–H groups in total. The van der Waals surface area contributed by atoms with E-state index in [9.17, 15) is 14.7 Å². The van der Waals surface area contributed by atoms with Gasteiger partial charge in [0.2, 0.25) is 0 Å². The standard InChI is InChI=1S/C8H12O4.Zn/c1-2-3-6-12-8(11)5-4-7(9)10;/h4-5H,2-3,6H2,1H3,(H,9,10);/q;+1/p-1/b5-4-;. The Hall–Kier alpha value is -0.697. The first-order valence-electron chi connectivity index (χ1n) is 3.72. The fraction of sp³-hybridized carbons (Fsp3) is 0.500. The molecule has 5 heteroatoms. The number of esters is 1. The van der Waals surface area contributed by atoms with Crippen LogP contribution in [0.2, 0.25) is 0 Å². The second-order valence-corrected chi connectivity index (χ2v) is 2.17. The van der Waals surface area contributed by atoms with Gasteiger partial charge < -0.3 is 14.6 Å². The summed E-state index contributed by atoms with van der Waals surface area (Å²) >= 11 is 0. The molecule has 69 valence electrons. The summed E-state index contributed by atoms with van der Waals surface area (Å²) in [5.41, 5.74) is 0. The van der Waals surface area contributed by atoms with Crippen LogP contribution in [0.3, 0.4) is 0 Å². The van der Waals surface area contributed by atoms with E-state index in [1.807, 2.05) is 6.92 Å². The number of aliphatic carboxylic acids is 1. The Labute approximate surface area is 89.7 Å². The first-order chi connectivity index (χ1) is 5.66. The first-order valence-corrected chi connectivity index (χ1v) is 3.72. The number of carboxylic acids is 1. The number of carbonyl (C=O) groups excluding carboxylic acids is 2. The van der Waals surface area contributed by atoms with E-state index in [0.29, 0.717) is 12.7 Å². The Morgan fingerprint density at radius 1 is 1.38 bits per heavy atom. The molecule has 0 amide bonds. The van der Waals surface area contributed by atoms with E-state index in [1.165, 1.54) is 0 Å². The van der Waals surface area contributed by atoms with Crippen molar-refractivity contribution in [3.8, 4) is 0 Å². The Morgan fingerprint density at radius 2 is 2.00 bits per heavy atom. The molecular formula is C8H11O4Zn. The predicted octanol–water partition coefficient (Wildman–Crippen LogP) is -0.367. The molecule has 0 aliphatic rings. The van der Waals surface area contributed by atoms with Crippen molar-refractivity contribution in [2.24, 2.45) is 0 Å². The summed E-state index contributed by atoms with van der Waals surface area (Å²) in [4.78, 5) is 20.5. The smallest absolute Gasteiger partial charge is 0.545 e. The van der Waals surface area contributed by atoms with E-state index in [4.69, 9.17) is 0 Å². The van der Waals surface area contributed by atoms with Crippen molar-refractivity contribution in [2.45, 2.75) is 19.8 Å². The van der Waals surface area contributed by atoms with E-state index in [1.54, 1.807) is 0 Å². The average Bonchev–Trinajstić information content (AvgIpc) is 2.01. The second kappa shape index (κ2) is 9.39. The van der Waals surface area contributed by atoms with Gasteiger partial charge in [-0.3, -0.25) is 0 Å². The molecule has 0 atom stereocenters. The van der Waals surface area contributed by atoms with Gasteiger partial charge in [-0.05, 0) is 12.5 Å². The van der Waals surface area contributed by atoms with Crippen LogP contribution in [-0.4, -0.2) is 18.5 Å². The zero-order valence-corrected chi connectivity index (χ0v) is 10.6. The summed E-state index contributed by atoms with van der Waals surface area (Å²) in [5, 5.41) is 9.83. The van der Waals surface area contributed by atoms with Gasteiger partial charge in [0.15, 0.2) is 0 Å². The molecule has 0 unspecified atom stereocenters. The van der Waals surface area contributed by atoms with E-state index >= 15 is 0 Å². The molecule has 0 aromatic heterocycles. The van der Waals surface area contributed by atoms with Crippen molar-refractivity contribution in [1.29, 1.82) is 0 Å². The molecule has 13 heavy (non-hydrogen) atoms. The second-order valence-electron chi connectivity index (χ2n) is 2.17. The van der Waals surface area contributed by atoms with Crippen molar-refractivity contribution in [3.05, 3.63) is 12.2 Å². The fourth-order valence-corrected chi connectivity index (χ4v) is 0.501. The molecule has 1 radical (unpaired) electrons. The molecule has 0 aliphatic carbocycles. The zero-order valence-electron chi connectivity index (χ0n) is 7.62. The third kappa shape index (κ3) is 11.3. The number of hydrogen-bond donors (Lipinski definition) is 0. The SMILES string of the molecule is CCCCOC(=O)/C=C\C(=O)[O-].[Zn+]. The minimum absolute atomic E-state index is 0. The van der Waals surface area contributed by atoms with Gasteiger partial charge in [-0.2, -0.15) is 0 Å². The Bertz CT molecular complexity index is 189. The summed E-state index contributed by atoms with van der Waals surface area (Å²) in [6.45, 7) is 2.29. The van der Waals surface area contributed by atoms with Gasteiger partial charge in [0.05, 0.1) is 12.6 Å². The maximum Gasteiger partial charge on any atom is 1.00 e. The van der Waals surface area contributed by atoms with Crippen LogP contribution >= 0.6 is 0 Å². The monoisotopic (exact) mass is 235 g/mol. The zero-order chi connectivity index (χ0) is 9.40. The van der Waals surface area contributed by atoms with Gasteiger partial charge in [0, 0.05) is 6.08 Å². The van der Waals surface area contributed by atoms with Gasteiger partial charge in [-0.25, -0.2) is 4.79 Å². The molecule has 0 bridgehead atoms. The number of carbonyl (C=O) groups is 2. The van der Waals surface area contributed by atoms with Crippen LogP contribution in [0.25, 0.3) is 0 Å². The van der Waals surface area contributed by atoms with Crippen LogP contribution in [0.1, 0.15) is 19.8 Å². The largest absolute Gasteiger partial charge is 1.00 e. The molecule has 0 aliphatic heterocycles. The molecule has 0 saturated carbocycles. The van der Waals surface area contributed by atoms with Gasteiger partial charge in [-0.1, -0.05) is 13.3 Å². The van der Waals surface area contributed by atoms with Crippen molar-refractivity contribution in [3.63, 3.8) is 0 Å². The van der Waals surface area contributed by atoms with Crippen LogP contribution in [0.15, 0.2) is 12.2 Å². The first kappa shape index (κ1) is 14.8. The molecule has 0 rings (SSSR count). The van der Waals surface area contributed by atoms with Gasteiger partial charge in [0.25, 0.3) is 0 Å². The van der Waals surface area contributed by atoms with Crippen molar-refractivity contribution in [2.75, 3.05) is 6.61 Å². The van der Waals surface area contributed by atoms with Crippen LogP contribution < -0.4 is 5.11 Å². The summed E-state index contributed by atoms with van der Waals surface area (Å²) in [6, 6.07) is 0. The predicted molar refractivity (Wildman–Crippen MR) is 40.0 cm³/mol. The van der Waals surface area contributed by atoms with Crippen molar-refractivity contribution in [1.82, 2.24) is 0 Å². The third-order valence-corrected chi connectivity index (χ3v) is 1.10. The van der Waals surface area contributed by atoms with Gasteiger partial charge in [0.1, 0.15) is 0 Å². The Kier molecular flexibility index (Phi) is 10.7. The van der Waals surface area contributed by atoms with Crippen molar-refractivity contribution >= 4 is 11.9 Å². The number of ether oxygens (including phenoxy) is 1. The molecule has 0 spiro atoms. The van der Waals surface area contributed by atoms with E-state index < -0.39 is 11.9 Å². The van der Waals surface area contributed by atoms with E-state index in [-0.39, 0.29) is 19.5 Å². The molecule has 0 fully saturated rings. The topological polar surface area (TPSA) is 66.4 Å². The minimum atomic E-state index is -1.40. The van der Waals surface area contributed by atoms with Crippen LogP contribution in [0.4, 0.5) is 0 Å². The Morgan fingerprint density at radius 3 is 2.46 bits per heavy atom. The van der Waals surface area contributed by atoms with Gasteiger partial charge in [-0.15, -0.1) is 0 Å². The molecule has 0 aromatic carbocycles. The summed E-state index contributed by atoms with van der Waals surface area (Å²) in [5.74, 6) is -2.05. The Balaban J connectivity index is 0.